The number of benzene rings is 3. The lowest BCUT2D eigenvalue weighted by molar-refractivity contribution is -0.120. The summed E-state index contributed by atoms with van der Waals surface area (Å²) in [5, 5.41) is 3.18. The minimum Gasteiger partial charge on any atom is -0.494 e. The summed E-state index contributed by atoms with van der Waals surface area (Å²) in [4.78, 5) is 28.3. The van der Waals surface area contributed by atoms with Gasteiger partial charge in [-0.2, -0.15) is 0 Å². The molecule has 6 heteroatoms. The van der Waals surface area contributed by atoms with E-state index in [1.807, 2.05) is 76.2 Å². The van der Waals surface area contributed by atoms with Crippen LogP contribution in [-0.4, -0.2) is 24.5 Å². The molecule has 4 rings (SSSR count). The molecule has 0 aliphatic carbocycles. The van der Waals surface area contributed by atoms with Gasteiger partial charge in [0.15, 0.2) is 0 Å². The molecule has 2 amide bonds. The average molecular weight is 457 g/mol. The van der Waals surface area contributed by atoms with Gasteiger partial charge in [-0.1, -0.05) is 29.8 Å². The smallest absolute Gasteiger partial charge is 0.282 e. The van der Waals surface area contributed by atoms with Gasteiger partial charge in [0.25, 0.3) is 11.8 Å². The van der Waals surface area contributed by atoms with Gasteiger partial charge in [-0.05, 0) is 81.8 Å². The zero-order chi connectivity index (χ0) is 24.2. The predicted octanol–water partition coefficient (Wildman–Crippen LogP) is 5.58. The van der Waals surface area contributed by atoms with E-state index in [-0.39, 0.29) is 17.7 Å². The Labute approximate surface area is 199 Å². The van der Waals surface area contributed by atoms with Crippen molar-refractivity contribution in [3.05, 3.63) is 89.6 Å². The molecule has 6 nitrogen and oxygen atoms in total. The SMILES string of the molecule is CCOc1ccc(N2C(=O)C(Nc3ccc(OC(C)C)cc3)=C(c3ccc(C)cc3)C2=O)cc1. The first-order chi connectivity index (χ1) is 16.4. The van der Waals surface area contributed by atoms with Gasteiger partial charge in [0, 0.05) is 5.69 Å². The first-order valence-electron chi connectivity index (χ1n) is 11.3. The maximum Gasteiger partial charge on any atom is 0.282 e. The number of nitrogens with one attached hydrogen (secondary N) is 1. The highest BCUT2D eigenvalue weighted by Gasteiger charge is 2.40. The fraction of sp³-hybridized carbons (Fsp3) is 0.214. The largest absolute Gasteiger partial charge is 0.494 e. The minimum absolute atomic E-state index is 0.0614. The summed E-state index contributed by atoms with van der Waals surface area (Å²) in [6.07, 6.45) is 0.0614. The predicted molar refractivity (Wildman–Crippen MR) is 134 cm³/mol. The summed E-state index contributed by atoms with van der Waals surface area (Å²) in [5.41, 5.74) is 3.49. The van der Waals surface area contributed by atoms with Crippen LogP contribution < -0.4 is 19.7 Å². The molecule has 0 saturated heterocycles. The van der Waals surface area contributed by atoms with Crippen LogP contribution in [0.1, 0.15) is 31.9 Å². The van der Waals surface area contributed by atoms with E-state index in [0.29, 0.717) is 34.9 Å². The lowest BCUT2D eigenvalue weighted by atomic mass is 10.0. The second kappa shape index (κ2) is 9.83. The first kappa shape index (κ1) is 23.1. The maximum atomic E-state index is 13.5. The molecule has 3 aromatic rings. The Morgan fingerprint density at radius 2 is 1.44 bits per heavy atom. The summed E-state index contributed by atoms with van der Waals surface area (Å²) < 4.78 is 11.2. The molecule has 0 saturated carbocycles. The van der Waals surface area contributed by atoms with Crippen molar-refractivity contribution in [1.29, 1.82) is 0 Å². The summed E-state index contributed by atoms with van der Waals surface area (Å²) >= 11 is 0. The molecule has 0 atom stereocenters. The van der Waals surface area contributed by atoms with Crippen molar-refractivity contribution >= 4 is 28.8 Å². The van der Waals surface area contributed by atoms with Gasteiger partial charge in [0.2, 0.25) is 0 Å². The Morgan fingerprint density at radius 3 is 2.03 bits per heavy atom. The molecule has 1 aliphatic heterocycles. The molecule has 1 N–H and O–H groups in total. The van der Waals surface area contributed by atoms with Crippen molar-refractivity contribution in [3.63, 3.8) is 0 Å². The molecule has 174 valence electrons. The quantitative estimate of drug-likeness (QED) is 0.449. The Hall–Kier alpha value is -4.06. The molecule has 0 aromatic heterocycles. The third-order valence-electron chi connectivity index (χ3n) is 5.33. The van der Waals surface area contributed by atoms with Gasteiger partial charge in [-0.25, -0.2) is 4.90 Å². The number of rotatable bonds is 8. The van der Waals surface area contributed by atoms with Crippen LogP contribution in [0.3, 0.4) is 0 Å². The molecule has 1 aliphatic rings. The van der Waals surface area contributed by atoms with Crippen LogP contribution in [0.2, 0.25) is 0 Å². The Balaban J connectivity index is 1.70. The van der Waals surface area contributed by atoms with Crippen LogP contribution >= 0.6 is 0 Å². The number of nitrogens with zero attached hydrogens (tertiary/aromatic N) is 1. The molecule has 1 heterocycles. The van der Waals surface area contributed by atoms with E-state index in [4.69, 9.17) is 9.47 Å². The Bertz CT molecular complexity index is 1210. The molecular weight excluding hydrogens is 428 g/mol. The lowest BCUT2D eigenvalue weighted by Crippen LogP contribution is -2.32. The van der Waals surface area contributed by atoms with E-state index in [9.17, 15) is 9.59 Å². The van der Waals surface area contributed by atoms with Crippen LogP contribution in [0.25, 0.3) is 5.57 Å². The summed E-state index contributed by atoms with van der Waals surface area (Å²) in [6, 6.07) is 21.8. The van der Waals surface area contributed by atoms with Gasteiger partial charge in [0.05, 0.1) is 24.0 Å². The van der Waals surface area contributed by atoms with Gasteiger partial charge in [-0.3, -0.25) is 9.59 Å². The van der Waals surface area contributed by atoms with Crippen LogP contribution in [0.4, 0.5) is 11.4 Å². The maximum absolute atomic E-state index is 13.5. The van der Waals surface area contributed by atoms with Crippen molar-refractivity contribution < 1.29 is 19.1 Å². The molecule has 34 heavy (non-hydrogen) atoms. The van der Waals surface area contributed by atoms with E-state index in [2.05, 4.69) is 5.32 Å². The standard InChI is InChI=1S/C28H28N2O4/c1-5-33-23-16-12-22(13-17-23)30-27(31)25(20-8-6-19(4)7-9-20)26(28(30)32)29-21-10-14-24(15-11-21)34-18(2)3/h6-18,29H,5H2,1-4H3. The summed E-state index contributed by atoms with van der Waals surface area (Å²) in [5.74, 6) is 0.629. The number of imide groups is 1. The summed E-state index contributed by atoms with van der Waals surface area (Å²) in [7, 11) is 0. The topological polar surface area (TPSA) is 67.9 Å². The van der Waals surface area contributed by atoms with E-state index in [1.165, 1.54) is 4.90 Å². The molecule has 0 unspecified atom stereocenters. The van der Waals surface area contributed by atoms with E-state index >= 15 is 0 Å². The second-order valence-corrected chi connectivity index (χ2v) is 8.30. The Morgan fingerprint density at radius 1 is 0.824 bits per heavy atom. The lowest BCUT2D eigenvalue weighted by Gasteiger charge is -2.16. The van der Waals surface area contributed by atoms with Crippen molar-refractivity contribution in [2.24, 2.45) is 0 Å². The molecule has 0 radical (unpaired) electrons. The highest BCUT2D eigenvalue weighted by Crippen LogP contribution is 2.34. The van der Waals surface area contributed by atoms with Crippen LogP contribution in [0.15, 0.2) is 78.5 Å². The van der Waals surface area contributed by atoms with Crippen LogP contribution in [0, 0.1) is 6.92 Å². The zero-order valence-electron chi connectivity index (χ0n) is 19.8. The number of ether oxygens (including phenoxy) is 2. The zero-order valence-corrected chi connectivity index (χ0v) is 19.8. The monoisotopic (exact) mass is 456 g/mol. The second-order valence-electron chi connectivity index (χ2n) is 8.30. The third kappa shape index (κ3) is 4.81. The van der Waals surface area contributed by atoms with Gasteiger partial charge >= 0.3 is 0 Å². The van der Waals surface area contributed by atoms with Crippen molar-refractivity contribution in [3.8, 4) is 11.5 Å². The number of amides is 2. The summed E-state index contributed by atoms with van der Waals surface area (Å²) in [6.45, 7) is 8.34. The minimum atomic E-state index is -0.410. The number of carbonyl (C=O) groups excluding carboxylic acids is 2. The molecule has 0 spiro atoms. The molecule has 3 aromatic carbocycles. The number of hydrogen-bond acceptors (Lipinski definition) is 5. The van der Waals surface area contributed by atoms with E-state index in [1.54, 1.807) is 24.3 Å². The Kier molecular flexibility index (Phi) is 6.68. The fourth-order valence-corrected chi connectivity index (χ4v) is 3.76. The highest BCUT2D eigenvalue weighted by molar-refractivity contribution is 6.46. The van der Waals surface area contributed by atoms with Gasteiger partial charge in [0.1, 0.15) is 17.2 Å². The van der Waals surface area contributed by atoms with Gasteiger partial charge in [-0.15, -0.1) is 0 Å². The van der Waals surface area contributed by atoms with Gasteiger partial charge < -0.3 is 14.8 Å². The van der Waals surface area contributed by atoms with E-state index in [0.717, 1.165) is 11.3 Å². The number of anilines is 2. The first-order valence-corrected chi connectivity index (χ1v) is 11.3. The third-order valence-corrected chi connectivity index (χ3v) is 5.33. The fourth-order valence-electron chi connectivity index (χ4n) is 3.76. The van der Waals surface area contributed by atoms with Crippen molar-refractivity contribution in [1.82, 2.24) is 0 Å². The number of hydrogen-bond donors (Lipinski definition) is 1. The van der Waals surface area contributed by atoms with Crippen molar-refractivity contribution in [2.45, 2.75) is 33.8 Å². The normalized spacial score (nSPS) is 13.6. The van der Waals surface area contributed by atoms with E-state index < -0.39 is 5.91 Å². The van der Waals surface area contributed by atoms with Crippen LogP contribution in [0.5, 0.6) is 11.5 Å². The number of carbonyl (C=O) groups is 2. The molecule has 0 fully saturated rings. The van der Waals surface area contributed by atoms with Crippen LogP contribution in [-0.2, 0) is 9.59 Å². The highest BCUT2D eigenvalue weighted by atomic mass is 16.5. The van der Waals surface area contributed by atoms with Crippen molar-refractivity contribution in [2.75, 3.05) is 16.8 Å². The molecule has 0 bridgehead atoms. The average Bonchev–Trinajstić information content (AvgIpc) is 3.05. The molecular formula is C28H28N2O4. The number of aryl methyl sites for hydroxylation is 1.